The zero-order chi connectivity index (χ0) is 20.0. The summed E-state index contributed by atoms with van der Waals surface area (Å²) in [5.74, 6) is -0.166. The van der Waals surface area contributed by atoms with Gasteiger partial charge < -0.3 is 9.64 Å². The summed E-state index contributed by atoms with van der Waals surface area (Å²) < 4.78 is 5.45. The molecule has 0 spiro atoms. The molecule has 1 amide bonds. The summed E-state index contributed by atoms with van der Waals surface area (Å²) in [5, 5.41) is 19.7. The molecule has 7 nitrogen and oxygen atoms in total. The largest absolute Gasteiger partial charge is 0.482 e. The smallest absolute Gasteiger partial charge is 0.271 e. The molecule has 0 saturated heterocycles. The number of non-ortho nitro benzene ring substituents is 1. The molecule has 2 aromatic rings. The van der Waals surface area contributed by atoms with Gasteiger partial charge in [-0.05, 0) is 43.2 Å². The van der Waals surface area contributed by atoms with Gasteiger partial charge in [-0.1, -0.05) is 17.7 Å². The monoisotopic (exact) mass is 387 g/mol. The van der Waals surface area contributed by atoms with Gasteiger partial charge >= 0.3 is 0 Å². The molecule has 0 fully saturated rings. The van der Waals surface area contributed by atoms with Crippen LogP contribution in [0.4, 0.5) is 11.4 Å². The van der Waals surface area contributed by atoms with Crippen molar-refractivity contribution in [3.63, 3.8) is 0 Å². The minimum Gasteiger partial charge on any atom is -0.482 e. The summed E-state index contributed by atoms with van der Waals surface area (Å²) in [6.07, 6.45) is 0.178. The molecule has 0 aliphatic rings. The normalized spacial score (nSPS) is 10.1. The van der Waals surface area contributed by atoms with Crippen LogP contribution in [0.1, 0.15) is 17.5 Å². The molecule has 27 heavy (non-hydrogen) atoms. The number of anilines is 1. The Kier molecular flexibility index (Phi) is 6.74. The fourth-order valence-corrected chi connectivity index (χ4v) is 2.83. The van der Waals surface area contributed by atoms with Crippen LogP contribution >= 0.6 is 11.6 Å². The summed E-state index contributed by atoms with van der Waals surface area (Å²) in [6.45, 7) is 3.78. The topological polar surface area (TPSA) is 96.5 Å². The third kappa shape index (κ3) is 5.43. The van der Waals surface area contributed by atoms with Gasteiger partial charge in [-0.15, -0.1) is 0 Å². The number of hydrogen-bond acceptors (Lipinski definition) is 5. The zero-order valence-corrected chi connectivity index (χ0v) is 15.7. The standard InChI is InChI=1S/C19H18ClN3O4/c1-13-8-14(2)10-16(9-13)22(7-3-6-21)19(24)12-27-18-5-4-15(23(25)26)11-17(18)20/h4-5,8-11H,3,7,12H2,1-2H3. The molecule has 140 valence electrons. The van der Waals surface area contributed by atoms with Crippen LogP contribution in [-0.2, 0) is 4.79 Å². The first-order valence-electron chi connectivity index (χ1n) is 8.14. The van der Waals surface area contributed by atoms with Crippen molar-refractivity contribution in [3.8, 4) is 11.8 Å². The fraction of sp³-hybridized carbons (Fsp3) is 0.263. The lowest BCUT2D eigenvalue weighted by Gasteiger charge is -2.23. The number of halogens is 1. The summed E-state index contributed by atoms with van der Waals surface area (Å²) in [6, 6.07) is 11.5. The molecular weight excluding hydrogens is 370 g/mol. The van der Waals surface area contributed by atoms with Crippen LogP contribution in [0.15, 0.2) is 36.4 Å². The number of carbonyl (C=O) groups excluding carboxylic acids is 1. The first kappa shape index (κ1) is 20.2. The van der Waals surface area contributed by atoms with Gasteiger partial charge in [-0.25, -0.2) is 0 Å². The van der Waals surface area contributed by atoms with E-state index in [1.54, 1.807) is 0 Å². The van der Waals surface area contributed by atoms with Crippen LogP contribution in [0.3, 0.4) is 0 Å². The van der Waals surface area contributed by atoms with Crippen LogP contribution in [-0.4, -0.2) is 24.0 Å². The summed E-state index contributed by atoms with van der Waals surface area (Å²) in [5.41, 5.74) is 2.52. The van der Waals surface area contributed by atoms with Gasteiger partial charge in [0.25, 0.3) is 11.6 Å². The predicted octanol–water partition coefficient (Wildman–Crippen LogP) is 4.19. The highest BCUT2D eigenvalue weighted by Gasteiger charge is 2.18. The molecule has 8 heteroatoms. The predicted molar refractivity (Wildman–Crippen MR) is 102 cm³/mol. The van der Waals surface area contributed by atoms with Crippen molar-refractivity contribution < 1.29 is 14.5 Å². The van der Waals surface area contributed by atoms with Crippen LogP contribution in [0.2, 0.25) is 5.02 Å². The lowest BCUT2D eigenvalue weighted by Crippen LogP contribution is -2.35. The van der Waals surface area contributed by atoms with E-state index < -0.39 is 4.92 Å². The molecule has 0 aromatic heterocycles. The Morgan fingerprint density at radius 3 is 2.48 bits per heavy atom. The van der Waals surface area contributed by atoms with Gasteiger partial charge in [0.15, 0.2) is 6.61 Å². The number of nitriles is 1. The zero-order valence-electron chi connectivity index (χ0n) is 14.9. The number of nitro benzene ring substituents is 1. The molecule has 0 saturated carbocycles. The van der Waals surface area contributed by atoms with Crippen molar-refractivity contribution in [2.75, 3.05) is 18.1 Å². The second-order valence-corrected chi connectivity index (χ2v) is 6.37. The minimum atomic E-state index is -0.565. The van der Waals surface area contributed by atoms with Crippen molar-refractivity contribution in [1.82, 2.24) is 0 Å². The van der Waals surface area contributed by atoms with Gasteiger partial charge in [-0.3, -0.25) is 14.9 Å². The molecular formula is C19H18ClN3O4. The van der Waals surface area contributed by atoms with Crippen molar-refractivity contribution >= 4 is 28.9 Å². The number of nitrogens with zero attached hydrogens (tertiary/aromatic N) is 3. The quantitative estimate of drug-likeness (QED) is 0.524. The Balaban J connectivity index is 2.16. The Morgan fingerprint density at radius 1 is 1.26 bits per heavy atom. The van der Waals surface area contributed by atoms with E-state index >= 15 is 0 Å². The fourth-order valence-electron chi connectivity index (χ4n) is 2.60. The molecule has 0 heterocycles. The van der Waals surface area contributed by atoms with E-state index in [1.165, 1.54) is 23.1 Å². The molecule has 0 atom stereocenters. The second kappa shape index (κ2) is 9.01. The van der Waals surface area contributed by atoms with Crippen molar-refractivity contribution in [2.24, 2.45) is 0 Å². The van der Waals surface area contributed by atoms with E-state index in [0.29, 0.717) is 5.69 Å². The Bertz CT molecular complexity index is 888. The molecule has 0 unspecified atom stereocenters. The van der Waals surface area contributed by atoms with Gasteiger partial charge in [-0.2, -0.15) is 5.26 Å². The first-order chi connectivity index (χ1) is 12.8. The van der Waals surface area contributed by atoms with Crippen molar-refractivity contribution in [3.05, 3.63) is 62.7 Å². The molecule has 0 N–H and O–H groups in total. The van der Waals surface area contributed by atoms with E-state index in [1.807, 2.05) is 38.1 Å². The van der Waals surface area contributed by atoms with E-state index in [2.05, 4.69) is 0 Å². The molecule has 2 rings (SSSR count). The average Bonchev–Trinajstić information content (AvgIpc) is 2.60. The molecule has 0 aliphatic carbocycles. The Labute approximate surface area is 161 Å². The third-order valence-electron chi connectivity index (χ3n) is 3.74. The number of ether oxygens (including phenoxy) is 1. The van der Waals surface area contributed by atoms with Gasteiger partial charge in [0.2, 0.25) is 0 Å². The first-order valence-corrected chi connectivity index (χ1v) is 8.52. The summed E-state index contributed by atoms with van der Waals surface area (Å²) in [7, 11) is 0. The number of rotatable bonds is 7. The second-order valence-electron chi connectivity index (χ2n) is 5.96. The average molecular weight is 388 g/mol. The van der Waals surface area contributed by atoms with Crippen molar-refractivity contribution in [1.29, 1.82) is 5.26 Å². The maximum Gasteiger partial charge on any atom is 0.271 e. The highest BCUT2D eigenvalue weighted by Crippen LogP contribution is 2.29. The van der Waals surface area contributed by atoms with E-state index in [-0.39, 0.29) is 41.9 Å². The third-order valence-corrected chi connectivity index (χ3v) is 4.04. The number of carbonyl (C=O) groups is 1. The number of nitro groups is 1. The highest BCUT2D eigenvalue weighted by molar-refractivity contribution is 6.32. The minimum absolute atomic E-state index is 0.0481. The van der Waals surface area contributed by atoms with Gasteiger partial charge in [0.1, 0.15) is 5.75 Å². The summed E-state index contributed by atoms with van der Waals surface area (Å²) >= 11 is 5.98. The Morgan fingerprint density at radius 2 is 1.93 bits per heavy atom. The van der Waals surface area contributed by atoms with E-state index in [0.717, 1.165) is 11.1 Å². The van der Waals surface area contributed by atoms with Crippen molar-refractivity contribution in [2.45, 2.75) is 20.3 Å². The van der Waals surface area contributed by atoms with E-state index in [4.69, 9.17) is 21.6 Å². The number of benzene rings is 2. The lowest BCUT2D eigenvalue weighted by atomic mass is 10.1. The Hall–Kier alpha value is -3.11. The number of hydrogen-bond donors (Lipinski definition) is 0. The summed E-state index contributed by atoms with van der Waals surface area (Å²) in [4.78, 5) is 24.3. The van der Waals surface area contributed by atoms with Crippen LogP contribution in [0.25, 0.3) is 0 Å². The molecule has 0 bridgehead atoms. The van der Waals surface area contributed by atoms with Crippen LogP contribution in [0.5, 0.6) is 5.75 Å². The highest BCUT2D eigenvalue weighted by atomic mass is 35.5. The van der Waals surface area contributed by atoms with Gasteiger partial charge in [0.05, 0.1) is 22.4 Å². The van der Waals surface area contributed by atoms with Crippen LogP contribution in [0, 0.1) is 35.3 Å². The maximum atomic E-state index is 12.7. The maximum absolute atomic E-state index is 12.7. The molecule has 0 aliphatic heterocycles. The number of aryl methyl sites for hydroxylation is 2. The van der Waals surface area contributed by atoms with Crippen LogP contribution < -0.4 is 9.64 Å². The molecule has 0 radical (unpaired) electrons. The van der Waals surface area contributed by atoms with Gasteiger partial charge in [0, 0.05) is 24.4 Å². The lowest BCUT2D eigenvalue weighted by molar-refractivity contribution is -0.384. The number of amides is 1. The molecule has 2 aromatic carbocycles. The van der Waals surface area contributed by atoms with E-state index in [9.17, 15) is 14.9 Å². The SMILES string of the molecule is Cc1cc(C)cc(N(CCC#N)C(=O)COc2ccc([N+](=O)[O-])cc2Cl)c1.